The second-order valence-corrected chi connectivity index (χ2v) is 10.3. The molecule has 1 aromatic heterocycles. The number of nitrogens with zero attached hydrogens (tertiary/aromatic N) is 3. The first kappa shape index (κ1) is 23.6. The Hall–Kier alpha value is -3.04. The first-order valence-electron chi connectivity index (χ1n) is 10.4. The Bertz CT molecular complexity index is 1190. The largest absolute Gasteiger partial charge is 0.338 e. The lowest BCUT2D eigenvalue weighted by atomic mass is 9.97. The fourth-order valence-electron chi connectivity index (χ4n) is 3.06. The molecule has 0 fully saturated rings. The van der Waals surface area contributed by atoms with E-state index < -0.39 is 15.9 Å². The number of aromatic nitrogens is 2. The molecule has 0 aliphatic carbocycles. The Labute approximate surface area is 188 Å². The van der Waals surface area contributed by atoms with Crippen molar-refractivity contribution in [3.8, 4) is 11.4 Å². The molecule has 1 heterocycles. The van der Waals surface area contributed by atoms with Gasteiger partial charge in [-0.05, 0) is 42.5 Å². The first-order chi connectivity index (χ1) is 15.1. The average molecular weight is 457 g/mol. The maximum Gasteiger partial charge on any atom is 0.255 e. The monoisotopic (exact) mass is 456 g/mol. The standard InChI is InChI=1S/C23H28N4O4S/c1-6-27(7-2)32(29,30)19-10-8-9-17(15-19)21(28)24-18-13-11-16(12-14-18)20-25-22(31-26-20)23(3,4)5/h8-15H,6-7H2,1-5H3,(H,24,28). The molecule has 0 spiro atoms. The zero-order valence-electron chi connectivity index (χ0n) is 18.9. The Morgan fingerprint density at radius 2 is 1.72 bits per heavy atom. The van der Waals surface area contributed by atoms with Gasteiger partial charge >= 0.3 is 0 Å². The maximum atomic E-state index is 12.7. The zero-order chi connectivity index (χ0) is 23.5. The van der Waals surface area contributed by atoms with Crippen molar-refractivity contribution in [2.24, 2.45) is 0 Å². The number of benzene rings is 2. The molecule has 0 radical (unpaired) electrons. The molecule has 2 aromatic carbocycles. The van der Waals surface area contributed by atoms with Crippen molar-refractivity contribution in [2.45, 2.75) is 44.9 Å². The van der Waals surface area contributed by atoms with Crippen LogP contribution < -0.4 is 5.32 Å². The Kier molecular flexibility index (Phi) is 6.80. The van der Waals surface area contributed by atoms with E-state index in [1.54, 1.807) is 50.2 Å². The maximum absolute atomic E-state index is 12.7. The van der Waals surface area contributed by atoms with Crippen LogP contribution in [0.2, 0.25) is 0 Å². The third-order valence-electron chi connectivity index (χ3n) is 4.91. The van der Waals surface area contributed by atoms with Crippen molar-refractivity contribution in [3.05, 3.63) is 60.0 Å². The van der Waals surface area contributed by atoms with E-state index in [1.807, 2.05) is 20.8 Å². The fourth-order valence-corrected chi connectivity index (χ4v) is 4.57. The van der Waals surface area contributed by atoms with Crippen molar-refractivity contribution < 1.29 is 17.7 Å². The molecule has 170 valence electrons. The van der Waals surface area contributed by atoms with Gasteiger partial charge in [-0.15, -0.1) is 0 Å². The topological polar surface area (TPSA) is 105 Å². The van der Waals surface area contributed by atoms with E-state index in [2.05, 4.69) is 15.5 Å². The smallest absolute Gasteiger partial charge is 0.255 e. The third-order valence-corrected chi connectivity index (χ3v) is 6.95. The molecule has 1 amide bonds. The molecule has 32 heavy (non-hydrogen) atoms. The van der Waals surface area contributed by atoms with Gasteiger partial charge in [0.1, 0.15) is 0 Å². The van der Waals surface area contributed by atoms with Crippen LogP contribution in [-0.2, 0) is 15.4 Å². The molecular formula is C23H28N4O4S. The summed E-state index contributed by atoms with van der Waals surface area (Å²) in [5, 5.41) is 6.81. The van der Waals surface area contributed by atoms with Crippen LogP contribution >= 0.6 is 0 Å². The van der Waals surface area contributed by atoms with Gasteiger partial charge in [-0.2, -0.15) is 9.29 Å². The van der Waals surface area contributed by atoms with Gasteiger partial charge in [-0.1, -0.05) is 45.8 Å². The molecule has 0 aliphatic rings. The third kappa shape index (κ3) is 5.05. The van der Waals surface area contributed by atoms with E-state index in [9.17, 15) is 13.2 Å². The van der Waals surface area contributed by atoms with Crippen LogP contribution in [0, 0.1) is 0 Å². The molecule has 0 unspecified atom stereocenters. The van der Waals surface area contributed by atoms with Gasteiger partial charge in [0.15, 0.2) is 0 Å². The minimum absolute atomic E-state index is 0.0935. The number of nitrogens with one attached hydrogen (secondary N) is 1. The SMILES string of the molecule is CCN(CC)S(=O)(=O)c1cccc(C(=O)Nc2ccc(-c3noc(C(C)(C)C)n3)cc2)c1. The van der Waals surface area contributed by atoms with Gasteiger partial charge in [0, 0.05) is 35.3 Å². The van der Waals surface area contributed by atoms with Gasteiger partial charge in [-0.25, -0.2) is 8.42 Å². The molecule has 8 nitrogen and oxygen atoms in total. The highest BCUT2D eigenvalue weighted by molar-refractivity contribution is 7.89. The minimum Gasteiger partial charge on any atom is -0.338 e. The summed E-state index contributed by atoms with van der Waals surface area (Å²) in [7, 11) is -3.64. The summed E-state index contributed by atoms with van der Waals surface area (Å²) in [5.74, 6) is 0.621. The number of hydrogen-bond donors (Lipinski definition) is 1. The first-order valence-corrected chi connectivity index (χ1v) is 11.9. The minimum atomic E-state index is -3.64. The summed E-state index contributed by atoms with van der Waals surface area (Å²) in [4.78, 5) is 17.2. The van der Waals surface area contributed by atoms with E-state index >= 15 is 0 Å². The van der Waals surface area contributed by atoms with Crippen LogP contribution in [0.4, 0.5) is 5.69 Å². The lowest BCUT2D eigenvalue weighted by Crippen LogP contribution is -2.30. The van der Waals surface area contributed by atoms with Gasteiger partial charge < -0.3 is 9.84 Å². The van der Waals surface area contributed by atoms with E-state index in [1.165, 1.54) is 16.4 Å². The number of anilines is 1. The summed E-state index contributed by atoms with van der Waals surface area (Å²) in [6.07, 6.45) is 0. The molecule has 3 rings (SSSR count). The lowest BCUT2D eigenvalue weighted by molar-refractivity contribution is 0.102. The summed E-state index contributed by atoms with van der Waals surface area (Å²) in [6, 6.07) is 13.1. The number of amides is 1. The highest BCUT2D eigenvalue weighted by Crippen LogP contribution is 2.25. The van der Waals surface area contributed by atoms with Crippen molar-refractivity contribution >= 4 is 21.6 Å². The van der Waals surface area contributed by atoms with Crippen molar-refractivity contribution in [1.82, 2.24) is 14.4 Å². The van der Waals surface area contributed by atoms with E-state index in [0.29, 0.717) is 30.5 Å². The Morgan fingerprint density at radius 3 is 2.28 bits per heavy atom. The highest BCUT2D eigenvalue weighted by Gasteiger charge is 2.23. The predicted octanol–water partition coefficient (Wildman–Crippen LogP) is 4.32. The molecule has 0 saturated heterocycles. The summed E-state index contributed by atoms with van der Waals surface area (Å²) in [5.41, 5.74) is 1.34. The fraction of sp³-hybridized carbons (Fsp3) is 0.348. The molecular weight excluding hydrogens is 428 g/mol. The molecule has 3 aromatic rings. The lowest BCUT2D eigenvalue weighted by Gasteiger charge is -2.18. The number of hydrogen-bond acceptors (Lipinski definition) is 6. The van der Waals surface area contributed by atoms with Crippen LogP contribution in [0.25, 0.3) is 11.4 Å². The number of carbonyl (C=O) groups is 1. The van der Waals surface area contributed by atoms with Crippen LogP contribution in [-0.4, -0.2) is 41.9 Å². The predicted molar refractivity (Wildman–Crippen MR) is 123 cm³/mol. The van der Waals surface area contributed by atoms with Crippen LogP contribution in [0.3, 0.4) is 0 Å². The second-order valence-electron chi connectivity index (χ2n) is 8.32. The molecule has 0 bridgehead atoms. The summed E-state index contributed by atoms with van der Waals surface area (Å²) in [6.45, 7) is 10.2. The van der Waals surface area contributed by atoms with E-state index in [-0.39, 0.29) is 15.9 Å². The van der Waals surface area contributed by atoms with Gasteiger partial charge in [0.2, 0.25) is 21.7 Å². The molecule has 0 atom stereocenters. The molecule has 9 heteroatoms. The zero-order valence-corrected chi connectivity index (χ0v) is 19.7. The molecule has 1 N–H and O–H groups in total. The number of rotatable bonds is 7. The molecule has 0 saturated carbocycles. The highest BCUT2D eigenvalue weighted by atomic mass is 32.2. The van der Waals surface area contributed by atoms with Crippen molar-refractivity contribution in [3.63, 3.8) is 0 Å². The summed E-state index contributed by atoms with van der Waals surface area (Å²) >= 11 is 0. The quantitative estimate of drug-likeness (QED) is 0.568. The average Bonchev–Trinajstić information content (AvgIpc) is 3.26. The van der Waals surface area contributed by atoms with E-state index in [0.717, 1.165) is 5.56 Å². The molecule has 0 aliphatic heterocycles. The number of sulfonamides is 1. The van der Waals surface area contributed by atoms with Gasteiger partial charge in [0.05, 0.1) is 4.90 Å². The Balaban J connectivity index is 1.76. The van der Waals surface area contributed by atoms with Crippen LogP contribution in [0.5, 0.6) is 0 Å². The van der Waals surface area contributed by atoms with E-state index in [4.69, 9.17) is 4.52 Å². The second kappa shape index (κ2) is 9.22. The van der Waals surface area contributed by atoms with Gasteiger partial charge in [0.25, 0.3) is 5.91 Å². The van der Waals surface area contributed by atoms with Crippen LogP contribution in [0.15, 0.2) is 57.9 Å². The normalized spacial score (nSPS) is 12.2. The van der Waals surface area contributed by atoms with Crippen molar-refractivity contribution in [2.75, 3.05) is 18.4 Å². The Morgan fingerprint density at radius 1 is 1.06 bits per heavy atom. The van der Waals surface area contributed by atoms with Crippen molar-refractivity contribution in [1.29, 1.82) is 0 Å². The van der Waals surface area contributed by atoms with Crippen LogP contribution in [0.1, 0.15) is 50.9 Å². The van der Waals surface area contributed by atoms with Gasteiger partial charge in [-0.3, -0.25) is 4.79 Å². The number of carbonyl (C=O) groups excluding carboxylic acids is 1. The summed E-state index contributed by atoms with van der Waals surface area (Å²) < 4.78 is 32.2.